The fraction of sp³-hybridized carbons (Fsp3) is 0.952. The molecule has 0 aromatic carbocycles. The first-order chi connectivity index (χ1) is 12.6. The van der Waals surface area contributed by atoms with Crippen LogP contribution in [0.5, 0.6) is 0 Å². The van der Waals surface area contributed by atoms with E-state index in [4.69, 9.17) is 15.3 Å². The van der Waals surface area contributed by atoms with E-state index in [-0.39, 0.29) is 71.0 Å². The Morgan fingerprint density at radius 3 is 1.22 bits per heavy atom. The van der Waals surface area contributed by atoms with Crippen LogP contribution >= 0.6 is 0 Å². The van der Waals surface area contributed by atoms with E-state index in [1.807, 2.05) is 0 Å². The predicted molar refractivity (Wildman–Crippen MR) is 105 cm³/mol. The van der Waals surface area contributed by atoms with Gasteiger partial charge in [-0.05, 0) is 12.8 Å². The van der Waals surface area contributed by atoms with E-state index in [1.54, 1.807) is 0 Å². The predicted octanol–water partition coefficient (Wildman–Crippen LogP) is 0.334. The van der Waals surface area contributed by atoms with Crippen LogP contribution in [0.1, 0.15) is 110 Å². The zero-order chi connectivity index (χ0) is 19.9. The summed E-state index contributed by atoms with van der Waals surface area (Å²) in [6, 6.07) is 0. The second-order valence-corrected chi connectivity index (χ2v) is 7.09. The van der Waals surface area contributed by atoms with Crippen molar-refractivity contribution in [2.45, 2.75) is 116 Å². The summed E-state index contributed by atoms with van der Waals surface area (Å²) in [5.41, 5.74) is 0. The molecule has 0 aromatic rings. The van der Waals surface area contributed by atoms with Crippen LogP contribution in [0.15, 0.2) is 0 Å². The van der Waals surface area contributed by atoms with Crippen LogP contribution in [0.2, 0.25) is 0 Å². The van der Waals surface area contributed by atoms with Gasteiger partial charge in [-0.1, -0.05) is 96.8 Å². The van der Waals surface area contributed by atoms with Gasteiger partial charge in [0, 0.05) is 5.97 Å². The fourth-order valence-electron chi connectivity index (χ4n) is 2.70. The molecule has 0 unspecified atom stereocenters. The average molecular weight is 415 g/mol. The minimum atomic E-state index is -0.954. The van der Waals surface area contributed by atoms with Crippen LogP contribution in [0, 0.1) is 0 Å². The summed E-state index contributed by atoms with van der Waals surface area (Å²) < 4.78 is 0. The Labute approximate surface area is 209 Å². The largest absolute Gasteiger partial charge is 1.00 e. The number of carbonyl (C=O) groups is 1. The summed E-state index contributed by atoms with van der Waals surface area (Å²) in [6.45, 7) is 1.54. The fourth-order valence-corrected chi connectivity index (χ4v) is 2.70. The Bertz CT molecular complexity index is 273. The quantitative estimate of drug-likeness (QED) is 0.222. The van der Waals surface area contributed by atoms with Crippen LogP contribution in [0.3, 0.4) is 0 Å². The van der Waals surface area contributed by atoms with Crippen LogP contribution in [-0.4, -0.2) is 40.6 Å². The Hall–Kier alpha value is 0.986. The van der Waals surface area contributed by atoms with Crippen molar-refractivity contribution in [2.24, 2.45) is 0 Å². The third kappa shape index (κ3) is 34.9. The maximum absolute atomic E-state index is 10.2. The summed E-state index contributed by atoms with van der Waals surface area (Å²) in [4.78, 5) is 10.2. The van der Waals surface area contributed by atoms with Gasteiger partial charge in [0.2, 0.25) is 0 Å². The number of carboxylic acid groups (broad SMARTS) is 1. The number of carbonyl (C=O) groups excluding carboxylic acids is 1. The van der Waals surface area contributed by atoms with Crippen molar-refractivity contribution in [1.82, 2.24) is 0 Å². The molecule has 0 aliphatic heterocycles. The standard InChI is InChI=1S/C18H36O2.C3H8O3.K/c1-2-3-4-5-6-7-8-9-10-11-12-13-14-15-16-17-18(19)20;4-1-3(6)2-5;/h2-17H2,1H3,(H,19,20);3-6H,1-2H2;/q;;+1/p-1. The normalized spacial score (nSPS) is 10.3. The molecule has 0 rings (SSSR count). The van der Waals surface area contributed by atoms with Gasteiger partial charge in [0.15, 0.2) is 0 Å². The van der Waals surface area contributed by atoms with Crippen molar-refractivity contribution in [1.29, 1.82) is 0 Å². The number of hydrogen-bond acceptors (Lipinski definition) is 5. The topological polar surface area (TPSA) is 101 Å². The van der Waals surface area contributed by atoms with E-state index in [0.717, 1.165) is 12.8 Å². The summed E-state index contributed by atoms with van der Waals surface area (Å²) in [5, 5.41) is 34.2. The van der Waals surface area contributed by atoms with Crippen molar-refractivity contribution in [3.63, 3.8) is 0 Å². The van der Waals surface area contributed by atoms with Gasteiger partial charge in [0.1, 0.15) is 6.10 Å². The van der Waals surface area contributed by atoms with Crippen molar-refractivity contribution in [3.8, 4) is 0 Å². The van der Waals surface area contributed by atoms with Gasteiger partial charge in [-0.15, -0.1) is 0 Å². The molecule has 0 aliphatic rings. The van der Waals surface area contributed by atoms with Gasteiger partial charge in [0.25, 0.3) is 0 Å². The first-order valence-corrected chi connectivity index (χ1v) is 10.7. The van der Waals surface area contributed by atoms with Gasteiger partial charge < -0.3 is 25.2 Å². The summed E-state index contributed by atoms with van der Waals surface area (Å²) in [7, 11) is 0. The molecule has 0 spiro atoms. The Morgan fingerprint density at radius 2 is 1.00 bits per heavy atom. The maximum atomic E-state index is 10.2. The van der Waals surface area contributed by atoms with Gasteiger partial charge >= 0.3 is 51.4 Å². The smallest absolute Gasteiger partial charge is 0.550 e. The average Bonchev–Trinajstić information content (AvgIpc) is 2.64. The molecule has 0 saturated heterocycles. The Morgan fingerprint density at radius 1 is 0.704 bits per heavy atom. The molecule has 0 amide bonds. The van der Waals surface area contributed by atoms with E-state index in [2.05, 4.69) is 6.92 Å². The molecule has 6 heteroatoms. The van der Waals surface area contributed by atoms with Crippen molar-refractivity contribution >= 4 is 5.97 Å². The first kappa shape index (κ1) is 32.6. The molecule has 0 saturated carbocycles. The molecule has 0 atom stereocenters. The minimum absolute atomic E-state index is 0. The summed E-state index contributed by atoms with van der Waals surface area (Å²) in [5.74, 6) is -0.903. The maximum Gasteiger partial charge on any atom is 1.00 e. The van der Waals surface area contributed by atoms with Gasteiger partial charge in [-0.25, -0.2) is 0 Å². The molecule has 0 fully saturated rings. The number of aliphatic carboxylic acids is 1. The monoisotopic (exact) mass is 414 g/mol. The third-order valence-corrected chi connectivity index (χ3v) is 4.41. The third-order valence-electron chi connectivity index (χ3n) is 4.41. The minimum Gasteiger partial charge on any atom is -0.550 e. The van der Waals surface area contributed by atoms with Crippen LogP contribution in [-0.2, 0) is 4.79 Å². The van der Waals surface area contributed by atoms with E-state index < -0.39 is 12.1 Å². The first-order valence-electron chi connectivity index (χ1n) is 10.7. The molecule has 0 radical (unpaired) electrons. The zero-order valence-electron chi connectivity index (χ0n) is 18.0. The molecule has 27 heavy (non-hydrogen) atoms. The van der Waals surface area contributed by atoms with Crippen LogP contribution in [0.4, 0.5) is 0 Å². The Balaban J connectivity index is -0.000000709. The SMILES string of the molecule is CCCCCCCCCCCCCCCCCC(=O)[O-].OCC(O)CO.[K+]. The molecule has 0 bridgehead atoms. The van der Waals surface area contributed by atoms with E-state index in [0.29, 0.717) is 0 Å². The number of aliphatic hydroxyl groups excluding tert-OH is 3. The Kier molecular flexibility index (Phi) is 35.3. The van der Waals surface area contributed by atoms with Crippen molar-refractivity contribution in [3.05, 3.63) is 0 Å². The van der Waals surface area contributed by atoms with Gasteiger partial charge in [-0.3, -0.25) is 0 Å². The van der Waals surface area contributed by atoms with Crippen molar-refractivity contribution in [2.75, 3.05) is 13.2 Å². The second kappa shape index (κ2) is 29.2. The van der Waals surface area contributed by atoms with E-state index in [9.17, 15) is 9.90 Å². The summed E-state index contributed by atoms with van der Waals surface area (Å²) in [6.07, 6.45) is 18.9. The molecule has 3 N–H and O–H groups in total. The molecule has 0 heterocycles. The molecule has 0 aliphatic carbocycles. The molecule has 158 valence electrons. The number of aliphatic hydroxyl groups is 3. The molecule has 5 nitrogen and oxygen atoms in total. The second-order valence-electron chi connectivity index (χ2n) is 7.09. The number of hydrogen-bond donors (Lipinski definition) is 3. The van der Waals surface area contributed by atoms with Gasteiger partial charge in [-0.2, -0.15) is 0 Å². The van der Waals surface area contributed by atoms with Gasteiger partial charge in [0.05, 0.1) is 13.2 Å². The molecular formula is C21H43KO5. The van der Waals surface area contributed by atoms with E-state index in [1.165, 1.54) is 83.5 Å². The van der Waals surface area contributed by atoms with E-state index >= 15 is 0 Å². The molecular weight excluding hydrogens is 371 g/mol. The number of unbranched alkanes of at least 4 members (excludes halogenated alkanes) is 14. The summed E-state index contributed by atoms with van der Waals surface area (Å²) >= 11 is 0. The van der Waals surface area contributed by atoms with Crippen LogP contribution in [0.25, 0.3) is 0 Å². The van der Waals surface area contributed by atoms with Crippen LogP contribution < -0.4 is 56.5 Å². The number of rotatable bonds is 18. The molecule has 0 aromatic heterocycles. The number of carboxylic acids is 1. The zero-order valence-corrected chi connectivity index (χ0v) is 21.1. The van der Waals surface area contributed by atoms with Crippen molar-refractivity contribution < 1.29 is 76.6 Å².